The predicted molar refractivity (Wildman–Crippen MR) is 154 cm³/mol. The molecule has 0 N–H and O–H groups in total. The Morgan fingerprint density at radius 2 is 1.85 bits per heavy atom. The Morgan fingerprint density at radius 3 is 2.75 bits per heavy atom. The van der Waals surface area contributed by atoms with E-state index in [1.807, 2.05) is 0 Å². The van der Waals surface area contributed by atoms with E-state index >= 15 is 0 Å². The van der Waals surface area contributed by atoms with Crippen molar-refractivity contribution in [2.45, 2.75) is 44.6 Å². The van der Waals surface area contributed by atoms with E-state index in [1.165, 1.54) is 63.2 Å². The largest absolute Gasteiger partial charge is 2.00 e. The molecule has 2 aliphatic carbocycles. The van der Waals surface area contributed by atoms with Crippen molar-refractivity contribution in [1.29, 1.82) is 0 Å². The molecule has 4 heterocycles. The smallest absolute Gasteiger partial charge is 2.00 e. The second kappa shape index (κ2) is 8.48. The molecule has 4 unspecified atom stereocenters. The van der Waals surface area contributed by atoms with Gasteiger partial charge in [0.05, 0.1) is 0 Å². The minimum absolute atomic E-state index is 0. The van der Waals surface area contributed by atoms with E-state index in [1.54, 1.807) is 24.1 Å². The summed E-state index contributed by atoms with van der Waals surface area (Å²) in [5.74, 6) is 1.14. The second-order valence-electron chi connectivity index (χ2n) is 12.0. The van der Waals surface area contributed by atoms with Crippen molar-refractivity contribution in [1.82, 2.24) is 9.05 Å². The van der Waals surface area contributed by atoms with Crippen LogP contribution in [0.15, 0.2) is 66.7 Å². The molecule has 1 aromatic heterocycles. The molecule has 5 aromatic rings. The molecule has 4 aromatic carbocycles. The Balaban J connectivity index is 0.00000230. The van der Waals surface area contributed by atoms with Gasteiger partial charge in [-0.05, 0) is 0 Å². The van der Waals surface area contributed by atoms with Crippen LogP contribution in [0, 0.1) is 56.3 Å². The molecule has 40 heavy (non-hydrogen) atoms. The third kappa shape index (κ3) is 2.76. The SMILES string of the molecule is CC1C=c2c(n3c4c5c(ccc24)[I-]c2c[c-]c(-c4[c-]cccc4)c4c2[N+]5(c2ccccc2-3)C2CCCC42)=CC1.[U+2]. The number of rotatable bonds is 1. The van der Waals surface area contributed by atoms with Gasteiger partial charge in [-0.15, -0.1) is 0 Å². The van der Waals surface area contributed by atoms with Crippen molar-refractivity contribution in [3.8, 4) is 16.8 Å². The fraction of sp³-hybridized carbons (Fsp3) is 0.222. The zero-order chi connectivity index (χ0) is 25.5. The summed E-state index contributed by atoms with van der Waals surface area (Å²) in [6.07, 6.45) is 10.0. The Morgan fingerprint density at radius 1 is 0.950 bits per heavy atom. The van der Waals surface area contributed by atoms with Crippen LogP contribution in [0.3, 0.4) is 0 Å². The third-order valence-electron chi connectivity index (χ3n) is 10.1. The monoisotopic (exact) mass is 852 g/mol. The summed E-state index contributed by atoms with van der Waals surface area (Å²) in [7, 11) is 0. The number of nitrogens with zero attached hydrogens (tertiary/aromatic N) is 2. The molecule has 3 aliphatic heterocycles. The molecular weight excluding hydrogens is 825 g/mol. The van der Waals surface area contributed by atoms with Gasteiger partial charge in [0, 0.05) is 0 Å². The normalized spacial score (nSPS) is 25.9. The maximum atomic E-state index is 3.84. The van der Waals surface area contributed by atoms with Gasteiger partial charge in [0.25, 0.3) is 0 Å². The van der Waals surface area contributed by atoms with Crippen LogP contribution in [0.5, 0.6) is 0 Å². The molecule has 1 saturated carbocycles. The van der Waals surface area contributed by atoms with Crippen molar-refractivity contribution in [2.24, 2.45) is 5.92 Å². The van der Waals surface area contributed by atoms with Crippen molar-refractivity contribution >= 4 is 40.1 Å². The van der Waals surface area contributed by atoms with Gasteiger partial charge in [0.2, 0.25) is 0 Å². The number of fused-ring (bicyclic) bond motifs is 7. The Hall–Kier alpha value is -2.10. The Kier molecular flexibility index (Phi) is 5.19. The van der Waals surface area contributed by atoms with Crippen LogP contribution in [-0.4, -0.2) is 10.6 Å². The van der Waals surface area contributed by atoms with Gasteiger partial charge in [0.15, 0.2) is 0 Å². The van der Waals surface area contributed by atoms with Crippen LogP contribution in [0.4, 0.5) is 17.1 Å². The topological polar surface area (TPSA) is 4.93 Å². The number of para-hydroxylation sites is 2. The molecule has 10 rings (SSSR count). The first-order valence-corrected chi connectivity index (χ1v) is 16.5. The maximum absolute atomic E-state index is 3.84. The van der Waals surface area contributed by atoms with Crippen LogP contribution in [0.2, 0.25) is 0 Å². The van der Waals surface area contributed by atoms with Gasteiger partial charge in [-0.1, -0.05) is 0 Å². The summed E-state index contributed by atoms with van der Waals surface area (Å²) < 4.78 is 6.78. The average molecular weight is 853 g/mol. The van der Waals surface area contributed by atoms with Crippen LogP contribution < -0.4 is 36.3 Å². The second-order valence-corrected chi connectivity index (χ2v) is 14.8. The molecule has 1 spiro atoms. The summed E-state index contributed by atoms with van der Waals surface area (Å²) in [6, 6.07) is 33.2. The number of halogens is 1. The average Bonchev–Trinajstić information content (AvgIpc) is 3.66. The zero-order valence-electron chi connectivity index (χ0n) is 22.3. The number of quaternary nitrogens is 1. The fourth-order valence-corrected chi connectivity index (χ4v) is 11.9. The minimum atomic E-state index is -0.302. The van der Waals surface area contributed by atoms with Crippen LogP contribution in [0.25, 0.3) is 39.9 Å². The Labute approximate surface area is 268 Å². The molecule has 2 nitrogen and oxygen atoms in total. The molecule has 0 radical (unpaired) electrons. The van der Waals surface area contributed by atoms with E-state index in [9.17, 15) is 0 Å². The van der Waals surface area contributed by atoms with Crippen LogP contribution in [-0.2, 0) is 0 Å². The van der Waals surface area contributed by atoms with Gasteiger partial charge in [-0.2, -0.15) is 0 Å². The number of hydrogen-bond acceptors (Lipinski definition) is 0. The number of hydrogen-bond donors (Lipinski definition) is 0. The van der Waals surface area contributed by atoms with E-state index < -0.39 is 0 Å². The van der Waals surface area contributed by atoms with Gasteiger partial charge in [-0.3, -0.25) is 0 Å². The summed E-state index contributed by atoms with van der Waals surface area (Å²) in [6.45, 7) is 2.36. The first-order valence-electron chi connectivity index (χ1n) is 14.4. The van der Waals surface area contributed by atoms with E-state index in [0.717, 1.165) is 10.9 Å². The van der Waals surface area contributed by atoms with Crippen molar-refractivity contribution < 1.29 is 52.3 Å². The van der Waals surface area contributed by atoms with Gasteiger partial charge in [-0.25, -0.2) is 0 Å². The fourth-order valence-electron chi connectivity index (χ4n) is 8.82. The molecular formula is C36H27IN2U. The van der Waals surface area contributed by atoms with Gasteiger partial charge in [0.1, 0.15) is 0 Å². The zero-order valence-corrected chi connectivity index (χ0v) is 28.7. The summed E-state index contributed by atoms with van der Waals surface area (Å²) in [4.78, 5) is 0. The molecule has 4 atom stereocenters. The molecule has 192 valence electrons. The minimum Gasteiger partial charge on any atom is 2.00 e. The first kappa shape index (κ1) is 24.5. The van der Waals surface area contributed by atoms with Gasteiger partial charge >= 0.3 is 271 Å². The van der Waals surface area contributed by atoms with Crippen LogP contribution in [0.1, 0.15) is 44.1 Å². The quantitative estimate of drug-likeness (QED) is 0.137. The van der Waals surface area contributed by atoms with Gasteiger partial charge < -0.3 is 0 Å². The summed E-state index contributed by atoms with van der Waals surface area (Å²) in [5, 5.41) is 4.32. The van der Waals surface area contributed by atoms with Crippen molar-refractivity contribution in [3.05, 3.63) is 102 Å². The molecule has 1 fully saturated rings. The Bertz CT molecular complexity index is 2040. The molecule has 4 heteroatoms. The van der Waals surface area contributed by atoms with E-state index in [4.69, 9.17) is 0 Å². The summed E-state index contributed by atoms with van der Waals surface area (Å²) in [5.41, 5.74) is 11.7. The van der Waals surface area contributed by atoms with E-state index in [-0.39, 0.29) is 52.3 Å². The summed E-state index contributed by atoms with van der Waals surface area (Å²) >= 11 is -0.302. The van der Waals surface area contributed by atoms with Crippen LogP contribution >= 0.6 is 0 Å². The molecule has 0 saturated heterocycles. The van der Waals surface area contributed by atoms with Crippen molar-refractivity contribution in [3.63, 3.8) is 0 Å². The third-order valence-corrected chi connectivity index (χ3v) is 13.0. The molecule has 0 amide bonds. The number of aromatic nitrogens is 1. The predicted octanol–water partition coefficient (Wildman–Crippen LogP) is 3.87. The van der Waals surface area contributed by atoms with E-state index in [0.29, 0.717) is 17.9 Å². The molecule has 0 bridgehead atoms. The number of benzene rings is 4. The maximum Gasteiger partial charge on any atom is 2.00 e. The van der Waals surface area contributed by atoms with Crippen molar-refractivity contribution in [2.75, 3.05) is 0 Å². The van der Waals surface area contributed by atoms with E-state index in [2.05, 4.69) is 103 Å². The molecule has 5 aliphatic rings. The standard InChI is InChI=1S/C36H27IN2.U/c1-21-14-19-29-26(20-21)24-16-18-28-36-34(24)38(29)30-11-5-6-12-32(30)39(36)31-13-7-10-25(31)33-23(22-8-3-2-4-9-22)15-17-27(37-28)35(33)39;/h2-6,8,11-12,16-21,25,31H,7,10,13-14H2,1H3;/q-2;+2. The first-order chi connectivity index (χ1) is 19.3.